The number of nitrogens with zero attached hydrogens (tertiary/aromatic N) is 2. The molecule has 1 unspecified atom stereocenters. The lowest BCUT2D eigenvalue weighted by Gasteiger charge is -2.45. The van der Waals surface area contributed by atoms with Crippen LogP contribution in [0.2, 0.25) is 0 Å². The van der Waals surface area contributed by atoms with E-state index < -0.39 is 0 Å². The second-order valence-corrected chi connectivity index (χ2v) is 9.18. The summed E-state index contributed by atoms with van der Waals surface area (Å²) in [4.78, 5) is 7.84. The Morgan fingerprint density at radius 3 is 2.34 bits per heavy atom. The zero-order chi connectivity index (χ0) is 22.0. The van der Waals surface area contributed by atoms with E-state index in [1.807, 2.05) is 18.2 Å². The van der Waals surface area contributed by atoms with Gasteiger partial charge in [0.05, 0.1) is 0 Å². The van der Waals surface area contributed by atoms with E-state index in [1.54, 1.807) is 6.07 Å². The Morgan fingerprint density at radius 1 is 0.938 bits per heavy atom. The lowest BCUT2D eigenvalue weighted by Crippen LogP contribution is -2.55. The zero-order valence-corrected chi connectivity index (χ0v) is 18.7. The van der Waals surface area contributed by atoms with E-state index in [4.69, 9.17) is 4.99 Å². The van der Waals surface area contributed by atoms with Crippen LogP contribution in [0.1, 0.15) is 47.6 Å². The second kappa shape index (κ2) is 8.89. The first-order chi connectivity index (χ1) is 15.6. The highest BCUT2D eigenvalue weighted by atomic mass is 16.3. The van der Waals surface area contributed by atoms with Crippen LogP contribution in [0.15, 0.2) is 83.9 Å². The number of benzene rings is 3. The Morgan fingerprint density at radius 2 is 1.62 bits per heavy atom. The van der Waals surface area contributed by atoms with E-state index >= 15 is 0 Å². The number of para-hydroxylation sites is 1. The second-order valence-electron chi connectivity index (χ2n) is 9.18. The normalized spacial score (nSPS) is 20.8. The minimum atomic E-state index is -0.293. The molecule has 164 valence electrons. The van der Waals surface area contributed by atoms with Crippen molar-refractivity contribution in [2.75, 3.05) is 13.1 Å². The number of phenolic OH excluding ortho intramolecular Hbond substituents is 1. The maximum absolute atomic E-state index is 10.6. The van der Waals surface area contributed by atoms with Crippen molar-refractivity contribution in [2.24, 2.45) is 4.99 Å². The number of hydrogen-bond acceptors (Lipinski definition) is 4. The summed E-state index contributed by atoms with van der Waals surface area (Å²) in [6.07, 6.45) is 2.69. The molecule has 1 atom stereocenters. The molecule has 0 aliphatic carbocycles. The van der Waals surface area contributed by atoms with Crippen LogP contribution in [0.3, 0.4) is 0 Å². The van der Waals surface area contributed by atoms with Crippen molar-refractivity contribution >= 4 is 5.71 Å². The van der Waals surface area contributed by atoms with Crippen molar-refractivity contribution in [3.8, 4) is 5.75 Å². The number of hydrogen-bond donors (Lipinski definition) is 2. The van der Waals surface area contributed by atoms with Crippen molar-refractivity contribution < 1.29 is 5.11 Å². The zero-order valence-electron chi connectivity index (χ0n) is 18.7. The van der Waals surface area contributed by atoms with Crippen LogP contribution in [-0.4, -0.2) is 34.5 Å². The van der Waals surface area contributed by atoms with Gasteiger partial charge < -0.3 is 5.11 Å². The minimum Gasteiger partial charge on any atom is -0.508 e. The van der Waals surface area contributed by atoms with E-state index in [9.17, 15) is 5.11 Å². The molecule has 4 heteroatoms. The molecule has 0 bridgehead atoms. The topological polar surface area (TPSA) is 47.9 Å². The van der Waals surface area contributed by atoms with Gasteiger partial charge in [0.15, 0.2) is 0 Å². The quantitative estimate of drug-likeness (QED) is 0.603. The smallest absolute Gasteiger partial charge is 0.120 e. The predicted molar refractivity (Wildman–Crippen MR) is 130 cm³/mol. The predicted octanol–water partition coefficient (Wildman–Crippen LogP) is 5.22. The number of nitrogens with one attached hydrogen (secondary N) is 1. The van der Waals surface area contributed by atoms with Gasteiger partial charge in [0, 0.05) is 43.4 Å². The Labute approximate surface area is 190 Å². The molecule has 5 rings (SSSR count). The summed E-state index contributed by atoms with van der Waals surface area (Å²) in [5, 5.41) is 14.4. The number of piperidine rings is 1. The fraction of sp³-hybridized carbons (Fsp3) is 0.321. The fourth-order valence-electron chi connectivity index (χ4n) is 4.98. The van der Waals surface area contributed by atoms with Gasteiger partial charge in [0.2, 0.25) is 0 Å². The van der Waals surface area contributed by atoms with Gasteiger partial charge in [0.25, 0.3) is 0 Å². The van der Waals surface area contributed by atoms with Crippen molar-refractivity contribution in [1.29, 1.82) is 0 Å². The number of aromatic hydroxyl groups is 1. The highest BCUT2D eigenvalue weighted by Crippen LogP contribution is 2.37. The Hall–Kier alpha value is -2.95. The average Bonchev–Trinajstić information content (AvgIpc) is 2.82. The van der Waals surface area contributed by atoms with Crippen molar-refractivity contribution in [1.82, 2.24) is 10.2 Å². The summed E-state index contributed by atoms with van der Waals surface area (Å²) < 4.78 is 0. The van der Waals surface area contributed by atoms with E-state index in [-0.39, 0.29) is 11.7 Å². The van der Waals surface area contributed by atoms with Crippen LogP contribution in [-0.2, 0) is 6.54 Å². The SMILES string of the molecule is Cc1ccc(C2=NC3(CCN(Cc4ccccc4)CC3)NC(c3ccccc3O)C2)cc1. The maximum atomic E-state index is 10.6. The highest BCUT2D eigenvalue weighted by Gasteiger charge is 2.40. The molecule has 32 heavy (non-hydrogen) atoms. The van der Waals surface area contributed by atoms with E-state index in [2.05, 4.69) is 71.7 Å². The number of aliphatic imine (C=N–C) groups is 1. The third-order valence-electron chi connectivity index (χ3n) is 6.82. The molecule has 1 saturated heterocycles. The Bertz CT molecular complexity index is 1080. The Kier molecular flexibility index (Phi) is 5.81. The van der Waals surface area contributed by atoms with Crippen LogP contribution in [0.5, 0.6) is 5.75 Å². The van der Waals surface area contributed by atoms with Crippen molar-refractivity contribution in [2.45, 2.75) is 44.4 Å². The van der Waals surface area contributed by atoms with Gasteiger partial charge in [-0.1, -0.05) is 78.4 Å². The molecule has 2 N–H and O–H groups in total. The molecule has 1 fully saturated rings. The van der Waals surface area contributed by atoms with Crippen LogP contribution < -0.4 is 5.32 Å². The molecule has 0 aromatic heterocycles. The van der Waals surface area contributed by atoms with Gasteiger partial charge in [-0.2, -0.15) is 0 Å². The van der Waals surface area contributed by atoms with Crippen LogP contribution in [0, 0.1) is 6.92 Å². The summed E-state index contributed by atoms with van der Waals surface area (Å²) in [5.74, 6) is 0.354. The molecule has 3 aromatic rings. The third kappa shape index (κ3) is 4.47. The number of rotatable bonds is 4. The minimum absolute atomic E-state index is 0.0469. The van der Waals surface area contributed by atoms with E-state index in [1.165, 1.54) is 16.7 Å². The maximum Gasteiger partial charge on any atom is 0.120 e. The summed E-state index contributed by atoms with van der Waals surface area (Å²) in [5.41, 5.74) is 5.59. The third-order valence-corrected chi connectivity index (χ3v) is 6.82. The van der Waals surface area contributed by atoms with Crippen molar-refractivity contribution in [3.63, 3.8) is 0 Å². The molecule has 4 nitrogen and oxygen atoms in total. The molecule has 1 spiro atoms. The lowest BCUT2D eigenvalue weighted by atomic mass is 9.87. The summed E-state index contributed by atoms with van der Waals surface area (Å²) >= 11 is 0. The molecule has 0 saturated carbocycles. The Balaban J connectivity index is 1.41. The number of aryl methyl sites for hydroxylation is 1. The molecule has 0 amide bonds. The molecule has 2 aliphatic rings. The van der Waals surface area contributed by atoms with Crippen LogP contribution >= 0.6 is 0 Å². The van der Waals surface area contributed by atoms with E-state index in [0.29, 0.717) is 5.75 Å². The largest absolute Gasteiger partial charge is 0.508 e. The molecule has 2 aliphatic heterocycles. The first-order valence-electron chi connectivity index (χ1n) is 11.6. The van der Waals surface area contributed by atoms with Gasteiger partial charge in [-0.05, 0) is 37.0 Å². The van der Waals surface area contributed by atoms with Gasteiger partial charge in [-0.15, -0.1) is 0 Å². The molecule has 0 radical (unpaired) electrons. The fourth-order valence-corrected chi connectivity index (χ4v) is 4.98. The van der Waals surface area contributed by atoms with Crippen LogP contribution in [0.25, 0.3) is 0 Å². The lowest BCUT2D eigenvalue weighted by molar-refractivity contribution is 0.120. The summed E-state index contributed by atoms with van der Waals surface area (Å²) in [6.45, 7) is 5.09. The van der Waals surface area contributed by atoms with Gasteiger partial charge in [0.1, 0.15) is 11.4 Å². The monoisotopic (exact) mass is 425 g/mol. The number of phenols is 1. The summed E-state index contributed by atoms with van der Waals surface area (Å²) in [6, 6.07) is 27.1. The van der Waals surface area contributed by atoms with Gasteiger partial charge in [-0.25, -0.2) is 0 Å². The number of likely N-dealkylation sites (tertiary alicyclic amines) is 1. The first-order valence-corrected chi connectivity index (χ1v) is 11.6. The molecular formula is C28H31N3O. The molecular weight excluding hydrogens is 394 g/mol. The first kappa shape index (κ1) is 20.9. The van der Waals surface area contributed by atoms with E-state index in [0.717, 1.165) is 50.2 Å². The highest BCUT2D eigenvalue weighted by molar-refractivity contribution is 6.01. The molecule has 3 aromatic carbocycles. The van der Waals surface area contributed by atoms with Gasteiger partial charge in [-0.3, -0.25) is 15.2 Å². The van der Waals surface area contributed by atoms with Crippen LogP contribution in [0.4, 0.5) is 0 Å². The van der Waals surface area contributed by atoms with Gasteiger partial charge >= 0.3 is 0 Å². The molecule has 2 heterocycles. The summed E-state index contributed by atoms with van der Waals surface area (Å²) in [7, 11) is 0. The standard InChI is InChI=1S/C28H31N3O/c1-21-11-13-23(14-12-21)25-19-26(24-9-5-6-10-27(24)32)30-28(29-25)15-17-31(18-16-28)20-22-7-3-2-4-8-22/h2-14,26,30,32H,15-20H2,1H3. The van der Waals surface area contributed by atoms with Crippen molar-refractivity contribution in [3.05, 3.63) is 101 Å². The average molecular weight is 426 g/mol.